The van der Waals surface area contributed by atoms with E-state index in [1.165, 1.54) is 4.90 Å². The second kappa shape index (κ2) is 7.48. The van der Waals surface area contributed by atoms with E-state index in [4.69, 9.17) is 4.74 Å². The van der Waals surface area contributed by atoms with Crippen molar-refractivity contribution in [1.82, 2.24) is 9.80 Å². The summed E-state index contributed by atoms with van der Waals surface area (Å²) in [4.78, 5) is 14.5. The minimum atomic E-state index is -1.30. The molecule has 1 amide bonds. The predicted octanol–water partition coefficient (Wildman–Crippen LogP) is 1.17. The fraction of sp³-hybridized carbons (Fsp3) is 0.900. The number of amides is 1. The molecule has 1 unspecified atom stereocenters. The summed E-state index contributed by atoms with van der Waals surface area (Å²) in [6, 6.07) is 0. The Morgan fingerprint density at radius 1 is 1.20 bits per heavy atom. The van der Waals surface area contributed by atoms with Crippen molar-refractivity contribution in [1.29, 1.82) is 0 Å². The van der Waals surface area contributed by atoms with Gasteiger partial charge in [0.1, 0.15) is 0 Å². The topological polar surface area (TPSA) is 52.7 Å². The minimum absolute atomic E-state index is 0.246. The van der Waals surface area contributed by atoms with Crippen LogP contribution in [0.5, 0.6) is 0 Å². The van der Waals surface area contributed by atoms with Crippen molar-refractivity contribution in [3.63, 3.8) is 0 Å². The van der Waals surface area contributed by atoms with Gasteiger partial charge in [-0.25, -0.2) is 4.79 Å². The van der Waals surface area contributed by atoms with Gasteiger partial charge in [-0.15, -0.1) is 0 Å². The number of likely N-dealkylation sites (N-methyl/N-ethyl adjacent to an activating group) is 1. The number of carbonyl (C=O) groups excluding carboxylic acids is 1. The SMILES string of the molecule is CCN(CC)CC([O])OC(=O)N(C)CC. The van der Waals surface area contributed by atoms with Crippen LogP contribution in [0, 0.1) is 0 Å². The summed E-state index contributed by atoms with van der Waals surface area (Å²) in [6.45, 7) is 8.12. The number of nitrogens with zero attached hydrogens (tertiary/aromatic N) is 2. The molecule has 0 saturated carbocycles. The highest BCUT2D eigenvalue weighted by Gasteiger charge is 2.17. The Balaban J connectivity index is 3.91. The van der Waals surface area contributed by atoms with Crippen molar-refractivity contribution in [2.24, 2.45) is 0 Å². The molecule has 15 heavy (non-hydrogen) atoms. The van der Waals surface area contributed by atoms with Gasteiger partial charge in [-0.3, -0.25) is 4.90 Å². The third-order valence-corrected chi connectivity index (χ3v) is 2.32. The van der Waals surface area contributed by atoms with Gasteiger partial charge < -0.3 is 9.64 Å². The Bertz CT molecular complexity index is 184. The van der Waals surface area contributed by atoms with Crippen LogP contribution in [0.2, 0.25) is 0 Å². The van der Waals surface area contributed by atoms with Crippen LogP contribution in [0.15, 0.2) is 0 Å². The second-order valence-corrected chi connectivity index (χ2v) is 3.31. The van der Waals surface area contributed by atoms with Crippen LogP contribution in [0.25, 0.3) is 0 Å². The van der Waals surface area contributed by atoms with Crippen molar-refractivity contribution in [2.75, 3.05) is 33.2 Å². The van der Waals surface area contributed by atoms with Crippen LogP contribution >= 0.6 is 0 Å². The van der Waals surface area contributed by atoms with E-state index in [-0.39, 0.29) is 6.54 Å². The summed E-state index contributed by atoms with van der Waals surface area (Å²) >= 11 is 0. The fourth-order valence-electron chi connectivity index (χ4n) is 1.06. The van der Waals surface area contributed by atoms with Crippen molar-refractivity contribution in [2.45, 2.75) is 27.1 Å². The molecule has 89 valence electrons. The maximum atomic E-state index is 11.4. The Labute approximate surface area is 91.6 Å². The molecule has 5 nitrogen and oxygen atoms in total. The zero-order chi connectivity index (χ0) is 11.8. The Morgan fingerprint density at radius 3 is 2.13 bits per heavy atom. The summed E-state index contributed by atoms with van der Waals surface area (Å²) < 4.78 is 4.73. The van der Waals surface area contributed by atoms with Gasteiger partial charge in [-0.05, 0) is 20.0 Å². The lowest BCUT2D eigenvalue weighted by Gasteiger charge is -2.22. The molecule has 1 atom stereocenters. The highest BCUT2D eigenvalue weighted by molar-refractivity contribution is 5.67. The highest BCUT2D eigenvalue weighted by atomic mass is 16.6. The third-order valence-electron chi connectivity index (χ3n) is 2.32. The van der Waals surface area contributed by atoms with E-state index in [1.807, 2.05) is 25.7 Å². The van der Waals surface area contributed by atoms with Crippen LogP contribution < -0.4 is 0 Å². The predicted molar refractivity (Wildman–Crippen MR) is 57.0 cm³/mol. The van der Waals surface area contributed by atoms with Crippen LogP contribution in [0.4, 0.5) is 4.79 Å². The molecule has 1 radical (unpaired) electrons. The molecule has 5 heteroatoms. The molecule has 0 fully saturated rings. The van der Waals surface area contributed by atoms with Gasteiger partial charge in [0.2, 0.25) is 6.29 Å². The van der Waals surface area contributed by atoms with Crippen molar-refractivity contribution >= 4 is 6.09 Å². The molecule has 0 aliphatic heterocycles. The summed E-state index contributed by atoms with van der Waals surface area (Å²) in [7, 11) is 1.60. The second-order valence-electron chi connectivity index (χ2n) is 3.31. The number of ether oxygens (including phenoxy) is 1. The number of hydrogen-bond acceptors (Lipinski definition) is 3. The maximum absolute atomic E-state index is 11.4. The summed E-state index contributed by atoms with van der Waals surface area (Å²) in [6.07, 6.45) is -1.85. The molecule has 0 aromatic heterocycles. The van der Waals surface area contributed by atoms with Gasteiger partial charge in [0, 0.05) is 13.6 Å². The normalized spacial score (nSPS) is 12.7. The monoisotopic (exact) mass is 217 g/mol. The van der Waals surface area contributed by atoms with Crippen LogP contribution in [-0.2, 0) is 9.84 Å². The lowest BCUT2D eigenvalue weighted by atomic mass is 10.4. The van der Waals surface area contributed by atoms with E-state index in [2.05, 4.69) is 0 Å². The number of carbonyl (C=O) groups is 1. The van der Waals surface area contributed by atoms with Crippen molar-refractivity contribution < 1.29 is 14.6 Å². The number of rotatable bonds is 6. The minimum Gasteiger partial charge on any atom is -0.415 e. The van der Waals surface area contributed by atoms with Gasteiger partial charge in [-0.1, -0.05) is 13.8 Å². The largest absolute Gasteiger partial charge is 0.415 e. The van der Waals surface area contributed by atoms with Crippen LogP contribution in [0.3, 0.4) is 0 Å². The maximum Gasteiger partial charge on any atom is 0.411 e. The third kappa shape index (κ3) is 5.59. The lowest BCUT2D eigenvalue weighted by molar-refractivity contribution is -0.117. The summed E-state index contributed by atoms with van der Waals surface area (Å²) in [5.41, 5.74) is 0. The molecule has 0 heterocycles. The summed E-state index contributed by atoms with van der Waals surface area (Å²) in [5.74, 6) is 0. The molecule has 0 aliphatic rings. The standard InChI is InChI=1S/C10H21N2O3/c1-5-11(4)10(14)15-9(13)8-12(6-2)7-3/h9H,5-8H2,1-4H3. The Morgan fingerprint density at radius 2 is 1.73 bits per heavy atom. The molecular weight excluding hydrogens is 196 g/mol. The quantitative estimate of drug-likeness (QED) is 0.628. The zero-order valence-electron chi connectivity index (χ0n) is 10.0. The summed E-state index contributed by atoms with van der Waals surface area (Å²) in [5, 5.41) is 11.4. The van der Waals surface area contributed by atoms with Crippen LogP contribution in [-0.4, -0.2) is 55.4 Å². The van der Waals surface area contributed by atoms with Crippen molar-refractivity contribution in [3.05, 3.63) is 0 Å². The fourth-order valence-corrected chi connectivity index (χ4v) is 1.06. The Kier molecular flexibility index (Phi) is 7.07. The Hall–Kier alpha value is -0.810. The molecule has 0 aliphatic carbocycles. The molecule has 0 spiro atoms. The van der Waals surface area contributed by atoms with Crippen molar-refractivity contribution in [3.8, 4) is 0 Å². The van der Waals surface area contributed by atoms with E-state index < -0.39 is 12.4 Å². The van der Waals surface area contributed by atoms with E-state index >= 15 is 0 Å². The van der Waals surface area contributed by atoms with Gasteiger partial charge in [0.05, 0.1) is 6.54 Å². The van der Waals surface area contributed by atoms with E-state index in [1.54, 1.807) is 7.05 Å². The number of hydrogen-bond donors (Lipinski definition) is 0. The first kappa shape index (κ1) is 14.2. The van der Waals surface area contributed by atoms with Gasteiger partial charge in [-0.2, -0.15) is 5.11 Å². The molecule has 0 aromatic carbocycles. The highest BCUT2D eigenvalue weighted by Crippen LogP contribution is 1.98. The average molecular weight is 217 g/mol. The van der Waals surface area contributed by atoms with Gasteiger partial charge >= 0.3 is 6.09 Å². The van der Waals surface area contributed by atoms with E-state index in [0.717, 1.165) is 13.1 Å². The lowest BCUT2D eigenvalue weighted by Crippen LogP contribution is -2.37. The molecule has 0 saturated heterocycles. The first-order chi connectivity index (χ1) is 7.04. The van der Waals surface area contributed by atoms with E-state index in [9.17, 15) is 9.90 Å². The molecule has 0 rings (SSSR count). The molecular formula is C10H21N2O3. The van der Waals surface area contributed by atoms with Gasteiger partial charge in [0.15, 0.2) is 0 Å². The molecule has 0 aromatic rings. The molecule has 0 N–H and O–H groups in total. The first-order valence-electron chi connectivity index (χ1n) is 5.34. The smallest absolute Gasteiger partial charge is 0.411 e. The zero-order valence-corrected chi connectivity index (χ0v) is 10.0. The van der Waals surface area contributed by atoms with Gasteiger partial charge in [0.25, 0.3) is 0 Å². The van der Waals surface area contributed by atoms with E-state index in [0.29, 0.717) is 6.54 Å². The average Bonchev–Trinajstić information content (AvgIpc) is 2.24. The molecule has 0 bridgehead atoms. The van der Waals surface area contributed by atoms with Crippen LogP contribution in [0.1, 0.15) is 20.8 Å². The first-order valence-corrected chi connectivity index (χ1v) is 5.34.